The lowest BCUT2D eigenvalue weighted by Gasteiger charge is -2.32. The number of aromatic nitrogens is 2. The largest absolute Gasteiger partial charge is 0.495 e. The van der Waals surface area contributed by atoms with Crippen LogP contribution in [0.1, 0.15) is 30.7 Å². The average Bonchev–Trinajstić information content (AvgIpc) is 2.78. The van der Waals surface area contributed by atoms with Crippen molar-refractivity contribution < 1.29 is 19.1 Å². The first-order chi connectivity index (χ1) is 15.4. The Kier molecular flexibility index (Phi) is 5.80. The number of aromatic amines is 1. The molecule has 3 amide bonds. The molecule has 3 heterocycles. The van der Waals surface area contributed by atoms with Crippen LogP contribution in [0.15, 0.2) is 29.1 Å². The van der Waals surface area contributed by atoms with Crippen molar-refractivity contribution in [2.45, 2.75) is 25.2 Å². The Labute approximate surface area is 183 Å². The number of hydrogen-bond donors (Lipinski definition) is 4. The summed E-state index contributed by atoms with van der Waals surface area (Å²) in [6, 6.07) is 6.86. The predicted molar refractivity (Wildman–Crippen MR) is 117 cm³/mol. The summed E-state index contributed by atoms with van der Waals surface area (Å²) in [5.41, 5.74) is 5.42. The van der Waals surface area contributed by atoms with Crippen LogP contribution in [-0.4, -0.2) is 47.9 Å². The first kappa shape index (κ1) is 21.3. The van der Waals surface area contributed by atoms with E-state index >= 15 is 0 Å². The van der Waals surface area contributed by atoms with Crippen molar-refractivity contribution in [3.63, 3.8) is 0 Å². The number of methoxy groups -OCH3 is 1. The van der Waals surface area contributed by atoms with E-state index < -0.39 is 23.3 Å². The highest BCUT2D eigenvalue weighted by Gasteiger charge is 2.36. The molecule has 11 nitrogen and oxygen atoms in total. The molecule has 2 aromatic rings. The number of rotatable bonds is 5. The molecule has 1 atom stereocenters. The first-order valence-electron chi connectivity index (χ1n) is 10.3. The summed E-state index contributed by atoms with van der Waals surface area (Å²) in [7, 11) is 1.48. The van der Waals surface area contributed by atoms with E-state index in [4.69, 9.17) is 10.5 Å². The topological polar surface area (TPSA) is 160 Å². The lowest BCUT2D eigenvalue weighted by atomic mass is 9.92. The number of primary amides is 1. The van der Waals surface area contributed by atoms with Gasteiger partial charge < -0.3 is 26.0 Å². The minimum atomic E-state index is -1.01. The van der Waals surface area contributed by atoms with E-state index in [0.717, 1.165) is 0 Å². The molecule has 0 spiro atoms. The van der Waals surface area contributed by atoms with E-state index in [9.17, 15) is 19.2 Å². The van der Waals surface area contributed by atoms with Crippen LogP contribution in [0.2, 0.25) is 0 Å². The molecule has 2 aliphatic heterocycles. The van der Waals surface area contributed by atoms with Crippen molar-refractivity contribution in [1.29, 1.82) is 0 Å². The monoisotopic (exact) mass is 440 g/mol. The van der Waals surface area contributed by atoms with Gasteiger partial charge in [0.15, 0.2) is 0 Å². The van der Waals surface area contributed by atoms with Crippen molar-refractivity contribution in [2.75, 3.05) is 35.7 Å². The second kappa shape index (κ2) is 8.69. The highest BCUT2D eigenvalue weighted by Crippen LogP contribution is 2.32. The van der Waals surface area contributed by atoms with E-state index in [-0.39, 0.29) is 35.6 Å². The molecule has 1 fully saturated rings. The van der Waals surface area contributed by atoms with Crippen molar-refractivity contribution in [3.8, 4) is 5.75 Å². The van der Waals surface area contributed by atoms with Crippen LogP contribution in [0, 0.1) is 5.92 Å². The van der Waals surface area contributed by atoms with Crippen LogP contribution >= 0.6 is 0 Å². The Morgan fingerprint density at radius 3 is 2.62 bits per heavy atom. The Bertz CT molecular complexity index is 1120. The molecule has 11 heteroatoms. The highest BCUT2D eigenvalue weighted by molar-refractivity contribution is 6.05. The molecule has 4 rings (SSSR count). The molecule has 0 saturated carbocycles. The number of H-pyrrole nitrogens is 1. The van der Waals surface area contributed by atoms with Gasteiger partial charge >= 0.3 is 0 Å². The van der Waals surface area contributed by atoms with Crippen LogP contribution in [0.25, 0.3) is 0 Å². The maximum Gasteiger partial charge on any atom is 0.258 e. The Hall–Kier alpha value is -3.89. The fraction of sp³-hybridized carbons (Fsp3) is 0.381. The molecule has 2 aliphatic rings. The molecule has 1 saturated heterocycles. The number of amides is 3. The van der Waals surface area contributed by atoms with Crippen molar-refractivity contribution in [2.24, 2.45) is 11.7 Å². The van der Waals surface area contributed by atoms with Crippen molar-refractivity contribution in [3.05, 3.63) is 40.2 Å². The molecule has 1 aromatic heterocycles. The summed E-state index contributed by atoms with van der Waals surface area (Å²) in [5, 5.41) is 5.34. The number of para-hydroxylation sites is 2. The number of anilines is 3. The zero-order valence-electron chi connectivity index (χ0n) is 17.5. The SMILES string of the molecule is COc1ccccc1NC(=O)C1CC(=O)Nc2nc(N3CCC(C(N)=O)CC3)[nH]c(=O)c21. The number of nitrogens with zero attached hydrogens (tertiary/aromatic N) is 2. The van der Waals surface area contributed by atoms with E-state index in [1.54, 1.807) is 24.3 Å². The lowest BCUT2D eigenvalue weighted by molar-refractivity contribution is -0.123. The molecule has 1 unspecified atom stereocenters. The molecule has 168 valence electrons. The zero-order valence-corrected chi connectivity index (χ0v) is 17.5. The Morgan fingerprint density at radius 2 is 1.94 bits per heavy atom. The molecule has 1 aromatic carbocycles. The smallest absolute Gasteiger partial charge is 0.258 e. The van der Waals surface area contributed by atoms with Crippen LogP contribution in [0.3, 0.4) is 0 Å². The normalized spacial score (nSPS) is 18.5. The minimum absolute atomic E-state index is 0.0669. The summed E-state index contributed by atoms with van der Waals surface area (Å²) in [6.07, 6.45) is 0.918. The van der Waals surface area contributed by atoms with Gasteiger partial charge in [-0.25, -0.2) is 0 Å². The summed E-state index contributed by atoms with van der Waals surface area (Å²) < 4.78 is 5.24. The van der Waals surface area contributed by atoms with Gasteiger partial charge in [0, 0.05) is 25.4 Å². The maximum absolute atomic E-state index is 13.0. The van der Waals surface area contributed by atoms with E-state index in [0.29, 0.717) is 37.4 Å². The number of ether oxygens (including phenoxy) is 1. The maximum atomic E-state index is 13.0. The van der Waals surface area contributed by atoms with Gasteiger partial charge in [-0.2, -0.15) is 4.98 Å². The number of hydrogen-bond acceptors (Lipinski definition) is 7. The van der Waals surface area contributed by atoms with Gasteiger partial charge in [0.05, 0.1) is 24.3 Å². The average molecular weight is 440 g/mol. The number of nitrogens with two attached hydrogens (primary N) is 1. The van der Waals surface area contributed by atoms with Crippen LogP contribution in [0.4, 0.5) is 17.5 Å². The summed E-state index contributed by atoms with van der Waals surface area (Å²) >= 11 is 0. The Balaban J connectivity index is 1.60. The van der Waals surface area contributed by atoms with Crippen LogP contribution in [0.5, 0.6) is 5.75 Å². The molecule has 0 aliphatic carbocycles. The lowest BCUT2D eigenvalue weighted by Crippen LogP contribution is -2.41. The first-order valence-corrected chi connectivity index (χ1v) is 10.3. The summed E-state index contributed by atoms with van der Waals surface area (Å²) in [6.45, 7) is 0.974. The summed E-state index contributed by atoms with van der Waals surface area (Å²) in [5.74, 6) is -1.66. The van der Waals surface area contributed by atoms with Gasteiger partial charge in [-0.1, -0.05) is 12.1 Å². The molecule has 5 N–H and O–H groups in total. The molecular formula is C21H24N6O5. The van der Waals surface area contributed by atoms with Crippen molar-refractivity contribution in [1.82, 2.24) is 9.97 Å². The summed E-state index contributed by atoms with van der Waals surface area (Å²) in [4.78, 5) is 58.6. The van der Waals surface area contributed by atoms with E-state index in [1.807, 2.05) is 4.90 Å². The number of carbonyl (C=O) groups excluding carboxylic acids is 3. The molecule has 32 heavy (non-hydrogen) atoms. The van der Waals surface area contributed by atoms with Gasteiger partial charge in [-0.3, -0.25) is 24.2 Å². The number of carbonyl (C=O) groups is 3. The quantitative estimate of drug-likeness (QED) is 0.528. The second-order valence-corrected chi connectivity index (χ2v) is 7.81. The Morgan fingerprint density at radius 1 is 1.22 bits per heavy atom. The second-order valence-electron chi connectivity index (χ2n) is 7.81. The zero-order chi connectivity index (χ0) is 22.8. The minimum Gasteiger partial charge on any atom is -0.495 e. The van der Waals surface area contributed by atoms with E-state index in [1.165, 1.54) is 7.11 Å². The third kappa shape index (κ3) is 4.13. The highest BCUT2D eigenvalue weighted by atomic mass is 16.5. The molecule has 0 bridgehead atoms. The van der Waals surface area contributed by atoms with Crippen molar-refractivity contribution >= 4 is 35.2 Å². The third-order valence-electron chi connectivity index (χ3n) is 5.82. The fourth-order valence-corrected chi connectivity index (χ4v) is 4.08. The number of nitrogens with one attached hydrogen (secondary N) is 3. The van der Waals surface area contributed by atoms with Gasteiger partial charge in [0.25, 0.3) is 5.56 Å². The third-order valence-corrected chi connectivity index (χ3v) is 5.82. The number of fused-ring (bicyclic) bond motifs is 1. The van der Waals surface area contributed by atoms with E-state index in [2.05, 4.69) is 20.6 Å². The van der Waals surface area contributed by atoms with Gasteiger partial charge in [-0.05, 0) is 25.0 Å². The van der Waals surface area contributed by atoms with Gasteiger partial charge in [0.1, 0.15) is 11.6 Å². The standard InChI is InChI=1S/C21H24N6O5/c1-32-14-5-3-2-4-13(14)23-19(30)12-10-15(28)24-18-16(12)20(31)26-21(25-18)27-8-6-11(7-9-27)17(22)29/h2-5,11-12H,6-10H2,1H3,(H2,22,29)(H,23,30)(H2,24,25,26,28,31). The predicted octanol–water partition coefficient (Wildman–Crippen LogP) is 0.545. The molecular weight excluding hydrogens is 416 g/mol. The van der Waals surface area contributed by atoms with Gasteiger partial charge in [0.2, 0.25) is 23.7 Å². The fourth-order valence-electron chi connectivity index (χ4n) is 4.08. The number of benzene rings is 1. The van der Waals surface area contributed by atoms with Crippen LogP contribution < -0.4 is 31.6 Å². The van der Waals surface area contributed by atoms with Gasteiger partial charge in [-0.15, -0.1) is 0 Å². The number of piperidine rings is 1. The van der Waals surface area contributed by atoms with Crippen LogP contribution in [-0.2, 0) is 14.4 Å². The molecule has 0 radical (unpaired) electrons.